The minimum absolute atomic E-state index is 0.0584. The molecule has 3 aliphatic heterocycles. The lowest BCUT2D eigenvalue weighted by molar-refractivity contribution is -0.140. The van der Waals surface area contributed by atoms with Crippen LogP contribution in [0, 0.1) is 5.92 Å². The van der Waals surface area contributed by atoms with Crippen LogP contribution in [0.2, 0.25) is 5.02 Å². The van der Waals surface area contributed by atoms with E-state index in [2.05, 4.69) is 10.5 Å². The zero-order valence-corrected chi connectivity index (χ0v) is 14.6. The molecule has 2 unspecified atom stereocenters. The average Bonchev–Trinajstić information content (AvgIpc) is 3.27. The number of anilines is 1. The summed E-state index contributed by atoms with van der Waals surface area (Å²) in [5, 5.41) is 4.19. The second-order valence-electron chi connectivity index (χ2n) is 6.37. The van der Waals surface area contributed by atoms with Gasteiger partial charge in [0.2, 0.25) is 17.7 Å². The third kappa shape index (κ3) is 2.71. The highest BCUT2D eigenvalue weighted by Gasteiger charge is 2.55. The predicted molar refractivity (Wildman–Crippen MR) is 92.8 cm³/mol. The van der Waals surface area contributed by atoms with Gasteiger partial charge in [-0.25, -0.2) is 4.90 Å². The summed E-state index contributed by atoms with van der Waals surface area (Å²) in [7, 11) is 0. The third-order valence-corrected chi connectivity index (χ3v) is 4.97. The number of benzene rings is 1. The van der Waals surface area contributed by atoms with Gasteiger partial charge in [0, 0.05) is 17.9 Å². The highest BCUT2D eigenvalue weighted by molar-refractivity contribution is 6.49. The molecule has 1 N–H and O–H groups in total. The maximum atomic E-state index is 12.8. The van der Waals surface area contributed by atoms with Gasteiger partial charge in [0.05, 0.1) is 12.2 Å². The van der Waals surface area contributed by atoms with Crippen molar-refractivity contribution in [2.45, 2.75) is 18.9 Å². The fraction of sp³-hybridized carbons (Fsp3) is 0.294. The van der Waals surface area contributed by atoms with Crippen molar-refractivity contribution in [1.29, 1.82) is 0 Å². The highest BCUT2D eigenvalue weighted by atomic mass is 35.5. The standard InChI is InChI=1S/C17H13ClN4O5/c18-8-2-1-3-9(6-8)22-16(26)13-14(19-20-15(13)17(22)27)10(23)7-21-11(24)4-5-12(21)25/h1-3,6,13,15,20H,4-5,7H2. The Labute approximate surface area is 157 Å². The molecule has 0 spiro atoms. The van der Waals surface area contributed by atoms with Crippen LogP contribution in [-0.4, -0.2) is 52.6 Å². The van der Waals surface area contributed by atoms with E-state index in [1.807, 2.05) is 0 Å². The first-order valence-electron chi connectivity index (χ1n) is 8.21. The van der Waals surface area contributed by atoms with Crippen LogP contribution in [0.4, 0.5) is 5.69 Å². The molecule has 4 rings (SSSR count). The van der Waals surface area contributed by atoms with Crippen molar-refractivity contribution in [3.63, 3.8) is 0 Å². The quantitative estimate of drug-likeness (QED) is 0.718. The molecule has 0 aliphatic carbocycles. The topological polar surface area (TPSA) is 116 Å². The number of amides is 4. The molecule has 2 fully saturated rings. The lowest BCUT2D eigenvalue weighted by Gasteiger charge is -2.16. The van der Waals surface area contributed by atoms with Crippen molar-refractivity contribution in [2.75, 3.05) is 11.4 Å². The van der Waals surface area contributed by atoms with Crippen LogP contribution in [0.3, 0.4) is 0 Å². The fourth-order valence-electron chi connectivity index (χ4n) is 3.41. The number of hydrogen-bond acceptors (Lipinski definition) is 7. The average molecular weight is 389 g/mol. The van der Waals surface area contributed by atoms with Gasteiger partial charge in [-0.1, -0.05) is 17.7 Å². The Morgan fingerprint density at radius 3 is 2.52 bits per heavy atom. The number of rotatable bonds is 4. The van der Waals surface area contributed by atoms with Crippen molar-refractivity contribution >= 4 is 52.4 Å². The van der Waals surface area contributed by atoms with Crippen LogP contribution in [0.25, 0.3) is 0 Å². The Hall–Kier alpha value is -3.07. The summed E-state index contributed by atoms with van der Waals surface area (Å²) in [6, 6.07) is 5.24. The number of nitrogens with one attached hydrogen (secondary N) is 1. The molecule has 0 aromatic heterocycles. The largest absolute Gasteiger partial charge is 0.296 e. The van der Waals surface area contributed by atoms with Gasteiger partial charge in [-0.2, -0.15) is 5.10 Å². The number of imide groups is 2. The maximum absolute atomic E-state index is 12.8. The van der Waals surface area contributed by atoms with E-state index >= 15 is 0 Å². The van der Waals surface area contributed by atoms with Crippen molar-refractivity contribution in [3.8, 4) is 0 Å². The highest BCUT2D eigenvalue weighted by Crippen LogP contribution is 2.32. The number of likely N-dealkylation sites (tertiary alicyclic amines) is 1. The number of ketones is 1. The number of fused-ring (bicyclic) bond motifs is 1. The zero-order valence-electron chi connectivity index (χ0n) is 13.8. The smallest absolute Gasteiger partial charge is 0.259 e. The first-order chi connectivity index (χ1) is 12.9. The number of carbonyl (C=O) groups excluding carboxylic acids is 5. The third-order valence-electron chi connectivity index (χ3n) is 4.73. The predicted octanol–water partition coefficient (Wildman–Crippen LogP) is -0.125. The maximum Gasteiger partial charge on any atom is 0.259 e. The van der Waals surface area contributed by atoms with Gasteiger partial charge in [0.1, 0.15) is 17.7 Å². The zero-order chi connectivity index (χ0) is 19.3. The normalized spacial score (nSPS) is 24.4. The van der Waals surface area contributed by atoms with Crippen LogP contribution in [0.15, 0.2) is 29.4 Å². The number of Topliss-reactive ketones (excluding diaryl/α,β-unsaturated/α-hetero) is 1. The lowest BCUT2D eigenvalue weighted by atomic mass is 9.95. The van der Waals surface area contributed by atoms with E-state index in [0.717, 1.165) is 9.80 Å². The Kier molecular flexibility index (Phi) is 4.03. The first-order valence-corrected chi connectivity index (χ1v) is 8.59. The first kappa shape index (κ1) is 17.3. The molecule has 27 heavy (non-hydrogen) atoms. The number of halogens is 1. The number of nitrogens with zero attached hydrogens (tertiary/aromatic N) is 3. The molecular formula is C17H13ClN4O5. The summed E-state index contributed by atoms with van der Waals surface area (Å²) in [6.45, 7) is -0.486. The fourth-order valence-corrected chi connectivity index (χ4v) is 3.60. The van der Waals surface area contributed by atoms with Crippen molar-refractivity contribution in [1.82, 2.24) is 10.3 Å². The van der Waals surface area contributed by atoms with Gasteiger partial charge in [-0.15, -0.1) is 0 Å². The van der Waals surface area contributed by atoms with Gasteiger partial charge in [0.25, 0.3) is 5.91 Å². The summed E-state index contributed by atoms with van der Waals surface area (Å²) in [5.41, 5.74) is 2.66. The van der Waals surface area contributed by atoms with E-state index in [-0.39, 0.29) is 18.6 Å². The summed E-state index contributed by atoms with van der Waals surface area (Å²) >= 11 is 5.93. The van der Waals surface area contributed by atoms with Crippen LogP contribution < -0.4 is 10.3 Å². The second-order valence-corrected chi connectivity index (χ2v) is 6.81. The summed E-state index contributed by atoms with van der Waals surface area (Å²) in [5.74, 6) is -3.78. The van der Waals surface area contributed by atoms with Crippen LogP contribution >= 0.6 is 11.6 Å². The lowest BCUT2D eigenvalue weighted by Crippen LogP contribution is -2.41. The molecule has 2 atom stereocenters. The van der Waals surface area contributed by atoms with Crippen LogP contribution in [-0.2, 0) is 24.0 Å². The molecule has 10 heteroatoms. The Morgan fingerprint density at radius 1 is 1.15 bits per heavy atom. The Bertz CT molecular complexity index is 927. The Balaban J connectivity index is 1.57. The van der Waals surface area contributed by atoms with Gasteiger partial charge in [-0.3, -0.25) is 34.3 Å². The molecule has 3 aliphatic rings. The number of carbonyl (C=O) groups is 5. The SMILES string of the molecule is O=C(CN1C(=O)CCC1=O)C1=NNC2C(=O)N(c3cccc(Cl)c3)C(=O)C12. The van der Waals surface area contributed by atoms with Crippen LogP contribution in [0.5, 0.6) is 0 Å². The van der Waals surface area contributed by atoms with Gasteiger partial charge >= 0.3 is 0 Å². The number of hydrogen-bond donors (Lipinski definition) is 1. The summed E-state index contributed by atoms with van der Waals surface area (Å²) in [4.78, 5) is 63.2. The van der Waals surface area contributed by atoms with E-state index in [9.17, 15) is 24.0 Å². The monoisotopic (exact) mass is 388 g/mol. The van der Waals surface area contributed by atoms with Crippen molar-refractivity contribution in [2.24, 2.45) is 11.0 Å². The van der Waals surface area contributed by atoms with Crippen LogP contribution in [0.1, 0.15) is 12.8 Å². The van der Waals surface area contributed by atoms with E-state index in [1.54, 1.807) is 18.2 Å². The molecular weight excluding hydrogens is 376 g/mol. The molecule has 4 amide bonds. The molecule has 138 valence electrons. The van der Waals surface area contributed by atoms with E-state index in [0.29, 0.717) is 10.7 Å². The summed E-state index contributed by atoms with van der Waals surface area (Å²) in [6.07, 6.45) is 0.117. The molecule has 9 nitrogen and oxygen atoms in total. The van der Waals surface area contributed by atoms with Gasteiger partial charge < -0.3 is 0 Å². The van der Waals surface area contributed by atoms with E-state index in [1.165, 1.54) is 6.07 Å². The molecule has 3 heterocycles. The van der Waals surface area contributed by atoms with E-state index < -0.39 is 47.9 Å². The second kappa shape index (κ2) is 6.27. The minimum Gasteiger partial charge on any atom is -0.296 e. The molecule has 0 bridgehead atoms. The molecule has 1 aromatic carbocycles. The number of hydrazone groups is 1. The van der Waals surface area contributed by atoms with Gasteiger partial charge in [0.15, 0.2) is 5.78 Å². The van der Waals surface area contributed by atoms with E-state index in [4.69, 9.17) is 11.6 Å². The van der Waals surface area contributed by atoms with Gasteiger partial charge in [-0.05, 0) is 18.2 Å². The summed E-state index contributed by atoms with van der Waals surface area (Å²) < 4.78 is 0. The molecule has 1 aromatic rings. The molecule has 0 saturated carbocycles. The van der Waals surface area contributed by atoms with Crippen molar-refractivity contribution in [3.05, 3.63) is 29.3 Å². The van der Waals surface area contributed by atoms with Crippen molar-refractivity contribution < 1.29 is 24.0 Å². The minimum atomic E-state index is -1.10. The molecule has 0 radical (unpaired) electrons. The Morgan fingerprint density at radius 2 is 1.85 bits per heavy atom. The molecule has 2 saturated heterocycles.